The van der Waals surface area contributed by atoms with E-state index in [4.69, 9.17) is 47.8 Å². The van der Waals surface area contributed by atoms with Gasteiger partial charge in [0.2, 0.25) is 0 Å². The minimum absolute atomic E-state index is 0. The Hall–Kier alpha value is 1.40. The van der Waals surface area contributed by atoms with Crippen molar-refractivity contribution in [3.63, 3.8) is 0 Å². The SMILES string of the molecule is [O]=[Cr](=[O])([O-])[O-].[O]=[Cr](=[O])([O-])[O-].[O]=[Cr](=[O])([O-])[O-].[Rh+3].[Rh+3]. The molecule has 0 aliphatic carbocycles. The van der Waals surface area contributed by atoms with Crippen LogP contribution in [0.25, 0.3) is 0 Å². The summed E-state index contributed by atoms with van der Waals surface area (Å²) >= 11 is -17.2. The normalized spacial score (nSPS) is 10.2. The first kappa shape index (κ1) is 31.0. The van der Waals surface area contributed by atoms with Gasteiger partial charge in [-0.1, -0.05) is 0 Å². The van der Waals surface area contributed by atoms with Crippen LogP contribution in [0.3, 0.4) is 0 Å². The Morgan fingerprint density at radius 1 is 0.412 bits per heavy atom. The van der Waals surface area contributed by atoms with E-state index < -0.39 is 40.8 Å². The van der Waals surface area contributed by atoms with Crippen molar-refractivity contribution < 1.29 is 128 Å². The second-order valence-corrected chi connectivity index (χ2v) is 5.05. The molecule has 17 heavy (non-hydrogen) atoms. The Labute approximate surface area is 126 Å². The molecule has 17 heteroatoms. The van der Waals surface area contributed by atoms with Gasteiger partial charge < -0.3 is 0 Å². The van der Waals surface area contributed by atoms with Gasteiger partial charge in [-0.25, -0.2) is 0 Å². The largest absolute Gasteiger partial charge is 3.00 e. The van der Waals surface area contributed by atoms with E-state index in [2.05, 4.69) is 0 Å². The van der Waals surface area contributed by atoms with Gasteiger partial charge >= 0.3 is 128 Å². The van der Waals surface area contributed by atoms with Crippen molar-refractivity contribution in [2.24, 2.45) is 0 Å². The number of rotatable bonds is 0. The first-order valence-electron chi connectivity index (χ1n) is 2.00. The molecule has 0 radical (unpaired) electrons. The zero-order valence-electron chi connectivity index (χ0n) is 6.79. The molecule has 0 spiro atoms. The van der Waals surface area contributed by atoms with Crippen LogP contribution >= 0.6 is 0 Å². The van der Waals surface area contributed by atoms with Gasteiger partial charge in [-0.15, -0.1) is 0 Å². The molecule has 0 aromatic carbocycles. The van der Waals surface area contributed by atoms with E-state index in [-0.39, 0.29) is 39.0 Å². The third kappa shape index (κ3) is 2090. The molecule has 0 fully saturated rings. The summed E-state index contributed by atoms with van der Waals surface area (Å²) in [5.74, 6) is 0. The van der Waals surface area contributed by atoms with Crippen molar-refractivity contribution in [1.29, 1.82) is 0 Å². The van der Waals surface area contributed by atoms with Crippen LogP contribution in [0.5, 0.6) is 0 Å². The van der Waals surface area contributed by atoms with Crippen LogP contribution in [0.4, 0.5) is 0 Å². The van der Waals surface area contributed by atoms with Crippen LogP contribution in [-0.4, -0.2) is 0 Å². The van der Waals surface area contributed by atoms with E-state index in [1.165, 1.54) is 0 Å². The number of hydrogen-bond acceptors (Lipinski definition) is 12. The zero-order chi connectivity index (χ0) is 13.5. The molecular weight excluding hydrogens is 554 g/mol. The third-order valence-corrected chi connectivity index (χ3v) is 0. The summed E-state index contributed by atoms with van der Waals surface area (Å²) in [6.45, 7) is 0. The molecule has 0 aliphatic heterocycles. The summed E-state index contributed by atoms with van der Waals surface area (Å²) in [5, 5.41) is 0. The Morgan fingerprint density at radius 2 is 0.412 bits per heavy atom. The maximum atomic E-state index is 8.59. The van der Waals surface area contributed by atoms with Gasteiger partial charge in [0.1, 0.15) is 0 Å². The van der Waals surface area contributed by atoms with E-state index in [1.54, 1.807) is 0 Å². The van der Waals surface area contributed by atoms with Gasteiger partial charge in [0.15, 0.2) is 0 Å². The average molecular weight is 554 g/mol. The Kier molecular flexibility index (Phi) is 22.7. The third-order valence-electron chi connectivity index (χ3n) is 0. The van der Waals surface area contributed by atoms with Crippen molar-refractivity contribution in [2.75, 3.05) is 0 Å². The second kappa shape index (κ2) is 12.4. The van der Waals surface area contributed by atoms with Crippen molar-refractivity contribution in [2.45, 2.75) is 0 Å². The van der Waals surface area contributed by atoms with Crippen molar-refractivity contribution >= 4 is 0 Å². The van der Waals surface area contributed by atoms with Crippen LogP contribution in [-0.2, 0) is 103 Å². The van der Waals surface area contributed by atoms with Crippen LogP contribution in [0, 0.1) is 0 Å². The van der Waals surface area contributed by atoms with E-state index in [9.17, 15) is 0 Å². The van der Waals surface area contributed by atoms with Gasteiger partial charge in [-0.05, 0) is 0 Å². The first-order chi connectivity index (χ1) is 6.00. The molecule has 0 aromatic rings. The van der Waals surface area contributed by atoms with Crippen molar-refractivity contribution in [3.05, 3.63) is 0 Å². The van der Waals surface area contributed by atoms with Gasteiger partial charge in [0.05, 0.1) is 0 Å². The molecule has 0 aromatic heterocycles. The minimum atomic E-state index is -5.75. The van der Waals surface area contributed by atoms with Gasteiger partial charge in [-0.2, -0.15) is 0 Å². The van der Waals surface area contributed by atoms with Crippen LogP contribution < -0.4 is 24.9 Å². The molecular formula is Cr3O12Rh2. The van der Waals surface area contributed by atoms with Gasteiger partial charge in [-0.3, -0.25) is 0 Å². The standard InChI is InChI=1S/3Cr.12O.2Rh/q;;;;;;;;;6*-1;2*+3. The minimum Gasteiger partial charge on any atom is 3.00 e. The first-order valence-corrected chi connectivity index (χ1v) is 8.25. The molecule has 0 unspecified atom stereocenters. The van der Waals surface area contributed by atoms with Crippen molar-refractivity contribution in [1.82, 2.24) is 0 Å². The fourth-order valence-corrected chi connectivity index (χ4v) is 0. The molecule has 0 bridgehead atoms. The fourth-order valence-electron chi connectivity index (χ4n) is 0. The maximum absolute atomic E-state index is 8.59. The summed E-state index contributed by atoms with van der Waals surface area (Å²) in [6, 6.07) is 0. The monoisotopic (exact) mass is 554 g/mol. The van der Waals surface area contributed by atoms with Crippen LogP contribution in [0.2, 0.25) is 0 Å². The van der Waals surface area contributed by atoms with E-state index in [0.717, 1.165) is 0 Å². The molecule has 108 valence electrons. The molecule has 0 amide bonds. The van der Waals surface area contributed by atoms with Crippen molar-refractivity contribution in [3.8, 4) is 0 Å². The van der Waals surface area contributed by atoms with E-state index in [1.807, 2.05) is 0 Å². The summed E-state index contributed by atoms with van der Waals surface area (Å²) in [6.07, 6.45) is 0. The Morgan fingerprint density at radius 3 is 0.412 bits per heavy atom. The molecule has 0 saturated carbocycles. The summed E-state index contributed by atoms with van der Waals surface area (Å²) < 4.78 is 103. The number of hydrogen-bond donors (Lipinski definition) is 0. The Bertz CT molecular complexity index is 341. The smallest absolute Gasteiger partial charge is 3.00 e. The second-order valence-electron chi connectivity index (χ2n) is 1.22. The maximum Gasteiger partial charge on any atom is 3.00 e. The zero-order valence-corrected chi connectivity index (χ0v) is 13.9. The molecule has 12 nitrogen and oxygen atoms in total. The molecule has 0 N–H and O–H groups in total. The fraction of sp³-hybridized carbons (Fsp3) is 0. The molecule has 0 aliphatic rings. The summed E-state index contributed by atoms with van der Waals surface area (Å²) in [7, 11) is 0. The summed E-state index contributed by atoms with van der Waals surface area (Å²) in [4.78, 5) is 0. The predicted molar refractivity (Wildman–Crippen MR) is 4.12 cm³/mol. The van der Waals surface area contributed by atoms with E-state index >= 15 is 0 Å². The predicted octanol–water partition coefficient (Wildman–Crippen LogP) is -7.86. The quantitative estimate of drug-likeness (QED) is 0.254. The average Bonchev–Trinajstić information content (AvgIpc) is 1.41. The Balaban J connectivity index is -0.0000000400. The topological polar surface area (TPSA) is 241 Å². The molecule has 0 atom stereocenters. The summed E-state index contributed by atoms with van der Waals surface area (Å²) in [5.41, 5.74) is 0. The van der Waals surface area contributed by atoms with Gasteiger partial charge in [0, 0.05) is 0 Å². The molecule has 0 rings (SSSR count). The molecule has 0 saturated heterocycles. The van der Waals surface area contributed by atoms with E-state index in [0.29, 0.717) is 0 Å². The van der Waals surface area contributed by atoms with Crippen LogP contribution in [0.1, 0.15) is 0 Å². The van der Waals surface area contributed by atoms with Crippen LogP contribution in [0.15, 0.2) is 0 Å². The molecule has 0 heterocycles. The van der Waals surface area contributed by atoms with Gasteiger partial charge in [0.25, 0.3) is 0 Å².